The second-order valence-electron chi connectivity index (χ2n) is 5.59. The van der Waals surface area contributed by atoms with Gasteiger partial charge in [-0.15, -0.1) is 11.8 Å². The number of hydrazone groups is 1. The normalized spacial score (nSPS) is 32.5. The minimum atomic E-state index is -0.184. The predicted molar refractivity (Wildman–Crippen MR) is 77.8 cm³/mol. The number of rotatable bonds is 1. The topological polar surface area (TPSA) is 62.8 Å². The molecule has 0 saturated carbocycles. The van der Waals surface area contributed by atoms with E-state index < -0.39 is 0 Å². The Labute approximate surface area is 109 Å². The maximum atomic E-state index is 6.27. The Morgan fingerprint density at radius 1 is 1.29 bits per heavy atom. The lowest BCUT2D eigenvalue weighted by Crippen LogP contribution is -2.45. The Morgan fingerprint density at radius 3 is 2.35 bits per heavy atom. The van der Waals surface area contributed by atoms with Gasteiger partial charge in [0, 0.05) is 30.7 Å². The van der Waals surface area contributed by atoms with Crippen molar-refractivity contribution in [1.29, 1.82) is 0 Å². The van der Waals surface area contributed by atoms with E-state index in [0.717, 1.165) is 17.2 Å². The first-order valence-electron chi connectivity index (χ1n) is 5.87. The third-order valence-corrected chi connectivity index (χ3v) is 5.09. The Morgan fingerprint density at radius 2 is 1.88 bits per heavy atom. The van der Waals surface area contributed by atoms with Crippen molar-refractivity contribution in [1.82, 2.24) is 5.43 Å². The summed E-state index contributed by atoms with van der Waals surface area (Å²) in [6.07, 6.45) is 0. The molecule has 1 aliphatic rings. The van der Waals surface area contributed by atoms with Crippen LogP contribution in [-0.4, -0.2) is 36.6 Å². The second-order valence-corrected chi connectivity index (χ2v) is 6.72. The summed E-state index contributed by atoms with van der Waals surface area (Å²) < 4.78 is 0. The lowest BCUT2D eigenvalue weighted by Gasteiger charge is -2.31. The van der Waals surface area contributed by atoms with Gasteiger partial charge >= 0.3 is 0 Å². The van der Waals surface area contributed by atoms with Crippen LogP contribution in [0, 0.1) is 10.8 Å². The van der Waals surface area contributed by atoms with Crippen molar-refractivity contribution in [3.63, 3.8) is 0 Å². The summed E-state index contributed by atoms with van der Waals surface area (Å²) in [5.74, 6) is 0.965. The van der Waals surface area contributed by atoms with Gasteiger partial charge in [-0.1, -0.05) is 27.7 Å². The molecule has 1 heterocycles. The van der Waals surface area contributed by atoms with Crippen LogP contribution in [0.25, 0.3) is 0 Å². The van der Waals surface area contributed by atoms with Crippen LogP contribution in [0.4, 0.5) is 0 Å². The van der Waals surface area contributed by atoms with Crippen molar-refractivity contribution >= 4 is 23.2 Å². The molecular weight excluding hydrogens is 232 g/mol. The molecule has 1 saturated heterocycles. The zero-order valence-corrected chi connectivity index (χ0v) is 12.5. The van der Waals surface area contributed by atoms with Crippen LogP contribution in [0.1, 0.15) is 27.7 Å². The van der Waals surface area contributed by atoms with E-state index in [0.29, 0.717) is 0 Å². The van der Waals surface area contributed by atoms with Crippen molar-refractivity contribution in [2.75, 3.05) is 19.8 Å². The van der Waals surface area contributed by atoms with Gasteiger partial charge in [0.1, 0.15) is 0 Å². The number of nitrogens with two attached hydrogens (primary N) is 1. The van der Waals surface area contributed by atoms with Crippen LogP contribution in [0.15, 0.2) is 10.1 Å². The van der Waals surface area contributed by atoms with Crippen molar-refractivity contribution in [3.05, 3.63) is 0 Å². The van der Waals surface area contributed by atoms with Gasteiger partial charge in [0.05, 0.1) is 16.8 Å². The molecule has 1 aliphatic heterocycles. The molecule has 1 rings (SSSR count). The van der Waals surface area contributed by atoms with Crippen LogP contribution in [0.3, 0.4) is 0 Å². The molecule has 1 unspecified atom stereocenters. The summed E-state index contributed by atoms with van der Waals surface area (Å²) >= 11 is 1.79. The largest absolute Gasteiger partial charge is 0.319 e. The van der Waals surface area contributed by atoms with Gasteiger partial charge in [0.2, 0.25) is 0 Å². The highest BCUT2D eigenvalue weighted by Gasteiger charge is 2.44. The molecule has 0 amide bonds. The maximum absolute atomic E-state index is 6.27. The van der Waals surface area contributed by atoms with Crippen molar-refractivity contribution in [2.24, 2.45) is 26.7 Å². The quantitative estimate of drug-likeness (QED) is 0.702. The first-order chi connectivity index (χ1) is 7.77. The first kappa shape index (κ1) is 14.5. The Bertz CT molecular complexity index is 344. The highest BCUT2D eigenvalue weighted by Crippen LogP contribution is 2.40. The van der Waals surface area contributed by atoms with E-state index in [-0.39, 0.29) is 16.2 Å². The minimum Gasteiger partial charge on any atom is -0.319 e. The molecule has 0 aliphatic carbocycles. The lowest BCUT2D eigenvalue weighted by molar-refractivity contribution is 0.506. The molecule has 0 bridgehead atoms. The van der Waals surface area contributed by atoms with Gasteiger partial charge in [-0.05, 0) is 0 Å². The lowest BCUT2D eigenvalue weighted by atomic mass is 9.76. The highest BCUT2D eigenvalue weighted by molar-refractivity contribution is 8.00. The number of thioether (sulfide) groups is 1. The molecule has 4 nitrogen and oxygen atoms in total. The second kappa shape index (κ2) is 4.98. The average molecular weight is 256 g/mol. The average Bonchev–Trinajstić information content (AvgIpc) is 2.30. The number of hydrogen-bond donors (Lipinski definition) is 2. The van der Waals surface area contributed by atoms with Gasteiger partial charge in [0.25, 0.3) is 0 Å². The number of aliphatic imine (C=N–C) groups is 1. The molecule has 98 valence electrons. The summed E-state index contributed by atoms with van der Waals surface area (Å²) in [6, 6.07) is 0. The third-order valence-electron chi connectivity index (χ3n) is 3.26. The van der Waals surface area contributed by atoms with E-state index in [4.69, 9.17) is 5.73 Å². The van der Waals surface area contributed by atoms with Gasteiger partial charge < -0.3 is 11.2 Å². The molecule has 5 heteroatoms. The molecule has 1 atom stereocenters. The van der Waals surface area contributed by atoms with E-state index in [1.54, 1.807) is 11.8 Å². The summed E-state index contributed by atoms with van der Waals surface area (Å²) in [4.78, 5) is 4.47. The molecular formula is C12H24N4S. The maximum Gasteiger partial charge on any atom is 0.0898 e. The SMILES string of the molecule is CN=C1C(=NNC)C(C)(C)C(N)SCC1(C)C. The van der Waals surface area contributed by atoms with E-state index in [2.05, 4.69) is 43.2 Å². The van der Waals surface area contributed by atoms with Crippen molar-refractivity contribution in [2.45, 2.75) is 33.1 Å². The van der Waals surface area contributed by atoms with E-state index >= 15 is 0 Å². The number of nitrogens with zero attached hydrogens (tertiary/aromatic N) is 2. The van der Waals surface area contributed by atoms with Gasteiger partial charge in [-0.3, -0.25) is 4.99 Å². The van der Waals surface area contributed by atoms with Gasteiger partial charge in [-0.25, -0.2) is 0 Å². The molecule has 1 fully saturated rings. The van der Waals surface area contributed by atoms with Gasteiger partial charge in [-0.2, -0.15) is 5.10 Å². The van der Waals surface area contributed by atoms with E-state index in [1.807, 2.05) is 14.1 Å². The smallest absolute Gasteiger partial charge is 0.0898 e. The Hall–Kier alpha value is -0.550. The highest BCUT2D eigenvalue weighted by atomic mass is 32.2. The molecule has 0 radical (unpaired) electrons. The monoisotopic (exact) mass is 256 g/mol. The Balaban J connectivity index is 3.36. The fraction of sp³-hybridized carbons (Fsp3) is 0.833. The van der Waals surface area contributed by atoms with Crippen LogP contribution in [0.2, 0.25) is 0 Å². The van der Waals surface area contributed by atoms with Crippen molar-refractivity contribution in [3.8, 4) is 0 Å². The molecule has 3 N–H and O–H groups in total. The fourth-order valence-corrected chi connectivity index (χ4v) is 3.31. The standard InChI is InChI=1S/C12H24N4S/c1-11(2)7-17-10(13)12(3,4)9(16-15-6)8(11)14-5/h10,15H,7,13H2,1-6H3. The zero-order chi connectivity index (χ0) is 13.3. The zero-order valence-electron chi connectivity index (χ0n) is 11.7. The first-order valence-corrected chi connectivity index (χ1v) is 6.92. The van der Waals surface area contributed by atoms with Crippen LogP contribution >= 0.6 is 11.8 Å². The molecule has 0 aromatic rings. The van der Waals surface area contributed by atoms with E-state index in [9.17, 15) is 0 Å². The molecule has 17 heavy (non-hydrogen) atoms. The van der Waals surface area contributed by atoms with Crippen LogP contribution in [-0.2, 0) is 0 Å². The number of hydrogen-bond acceptors (Lipinski definition) is 5. The molecule has 0 aromatic carbocycles. The van der Waals surface area contributed by atoms with Gasteiger partial charge in [0.15, 0.2) is 0 Å². The van der Waals surface area contributed by atoms with E-state index in [1.165, 1.54) is 0 Å². The Kier molecular flexibility index (Phi) is 4.25. The molecule has 0 spiro atoms. The predicted octanol–water partition coefficient (Wildman–Crippen LogP) is 1.72. The number of nitrogens with one attached hydrogen (secondary N) is 1. The van der Waals surface area contributed by atoms with Crippen LogP contribution < -0.4 is 11.2 Å². The van der Waals surface area contributed by atoms with Crippen molar-refractivity contribution < 1.29 is 0 Å². The summed E-state index contributed by atoms with van der Waals surface area (Å²) in [5.41, 5.74) is 11.0. The summed E-state index contributed by atoms with van der Waals surface area (Å²) in [5, 5.41) is 4.47. The molecule has 0 aromatic heterocycles. The van der Waals surface area contributed by atoms with Crippen LogP contribution in [0.5, 0.6) is 0 Å². The fourth-order valence-electron chi connectivity index (χ4n) is 2.05. The third kappa shape index (κ3) is 2.65. The minimum absolute atomic E-state index is 0.000486. The summed E-state index contributed by atoms with van der Waals surface area (Å²) in [7, 11) is 3.65. The summed E-state index contributed by atoms with van der Waals surface area (Å²) in [6.45, 7) is 8.66.